The van der Waals surface area contributed by atoms with Crippen LogP contribution in [-0.4, -0.2) is 50.1 Å². The number of hydrogen-bond acceptors (Lipinski definition) is 5. The fraction of sp³-hybridized carbons (Fsp3) is 0.300. The van der Waals surface area contributed by atoms with Crippen molar-refractivity contribution in [3.05, 3.63) is 53.1 Å². The average molecular weight is 440 g/mol. The van der Waals surface area contributed by atoms with Crippen LogP contribution < -0.4 is 9.64 Å². The van der Waals surface area contributed by atoms with E-state index in [0.29, 0.717) is 22.3 Å². The van der Waals surface area contributed by atoms with Crippen molar-refractivity contribution in [2.24, 2.45) is 0 Å². The Morgan fingerprint density at radius 1 is 1.18 bits per heavy atom. The molecule has 8 heteroatoms. The maximum absolute atomic E-state index is 13.2. The molecular formula is C20H23Cl2N3O2S. The van der Waals surface area contributed by atoms with E-state index in [4.69, 9.17) is 16.3 Å². The molecule has 5 nitrogen and oxygen atoms in total. The fourth-order valence-corrected chi connectivity index (χ4v) is 3.93. The molecule has 0 unspecified atom stereocenters. The molecule has 0 N–H and O–H groups in total. The number of halogens is 2. The first-order valence-electron chi connectivity index (χ1n) is 8.65. The van der Waals surface area contributed by atoms with Crippen LogP contribution in [0.2, 0.25) is 5.02 Å². The van der Waals surface area contributed by atoms with Gasteiger partial charge in [0.2, 0.25) is 0 Å². The monoisotopic (exact) mass is 439 g/mol. The van der Waals surface area contributed by atoms with Crippen molar-refractivity contribution in [2.45, 2.75) is 6.42 Å². The van der Waals surface area contributed by atoms with Gasteiger partial charge in [0.05, 0.1) is 27.9 Å². The number of hydrogen-bond donors (Lipinski definition) is 0. The minimum atomic E-state index is -0.134. The number of methoxy groups -OCH3 is 1. The van der Waals surface area contributed by atoms with E-state index in [1.165, 1.54) is 11.3 Å². The van der Waals surface area contributed by atoms with Crippen LogP contribution in [0, 0.1) is 0 Å². The number of aromatic nitrogens is 1. The van der Waals surface area contributed by atoms with Crippen molar-refractivity contribution in [1.29, 1.82) is 0 Å². The van der Waals surface area contributed by atoms with E-state index in [2.05, 4.69) is 9.88 Å². The first kappa shape index (κ1) is 22.4. The maximum Gasteiger partial charge on any atom is 0.261 e. The lowest BCUT2D eigenvalue weighted by Gasteiger charge is -2.21. The molecule has 0 aliphatic heterocycles. The Labute approximate surface area is 180 Å². The molecule has 1 aromatic heterocycles. The zero-order chi connectivity index (χ0) is 19.4. The summed E-state index contributed by atoms with van der Waals surface area (Å²) in [5, 5.41) is 1.12. The molecule has 0 saturated carbocycles. The van der Waals surface area contributed by atoms with Gasteiger partial charge in [-0.2, -0.15) is 0 Å². The van der Waals surface area contributed by atoms with Crippen LogP contribution >= 0.6 is 35.3 Å². The Balaban J connectivity index is 0.00000280. The summed E-state index contributed by atoms with van der Waals surface area (Å²) in [4.78, 5) is 21.7. The Bertz CT molecular complexity index is 946. The third kappa shape index (κ3) is 5.14. The van der Waals surface area contributed by atoms with Crippen LogP contribution in [0.25, 0.3) is 10.2 Å². The predicted octanol–water partition coefficient (Wildman–Crippen LogP) is 4.98. The molecule has 0 bridgehead atoms. The highest BCUT2D eigenvalue weighted by Gasteiger charge is 2.23. The van der Waals surface area contributed by atoms with Crippen LogP contribution in [0.15, 0.2) is 42.5 Å². The third-order valence-electron chi connectivity index (χ3n) is 4.15. The number of nitrogens with zero attached hydrogens (tertiary/aromatic N) is 3. The topological polar surface area (TPSA) is 45.7 Å². The molecule has 0 radical (unpaired) electrons. The fourth-order valence-electron chi connectivity index (χ4n) is 2.75. The zero-order valence-corrected chi connectivity index (χ0v) is 18.4. The standard InChI is InChI=1S/C20H22ClN3O2S.ClH/c1-23(2)11-6-12-24(19(25)15-7-4-5-8-16(15)21)20-22-17-13-14(26-3)9-10-18(17)27-20;/h4-5,7-10,13H,6,11-12H2,1-3H3;1H. The van der Waals surface area contributed by atoms with Gasteiger partial charge in [-0.3, -0.25) is 9.69 Å². The molecule has 2 aromatic carbocycles. The second-order valence-electron chi connectivity index (χ2n) is 6.42. The number of benzene rings is 2. The van der Waals surface area contributed by atoms with Crippen molar-refractivity contribution in [1.82, 2.24) is 9.88 Å². The number of carbonyl (C=O) groups excluding carboxylic acids is 1. The molecule has 0 saturated heterocycles. The highest BCUT2D eigenvalue weighted by molar-refractivity contribution is 7.22. The van der Waals surface area contributed by atoms with Gasteiger partial charge in [0.15, 0.2) is 5.13 Å². The molecule has 1 heterocycles. The van der Waals surface area contributed by atoms with Crippen LogP contribution in [0.4, 0.5) is 5.13 Å². The average Bonchev–Trinajstić information content (AvgIpc) is 3.07. The largest absolute Gasteiger partial charge is 0.497 e. The van der Waals surface area contributed by atoms with Gasteiger partial charge in [0, 0.05) is 12.6 Å². The van der Waals surface area contributed by atoms with E-state index in [1.54, 1.807) is 24.1 Å². The molecule has 0 fully saturated rings. The molecule has 3 aromatic rings. The summed E-state index contributed by atoms with van der Waals surface area (Å²) in [5.41, 5.74) is 1.31. The predicted molar refractivity (Wildman–Crippen MR) is 120 cm³/mol. The number of thiazole rings is 1. The second kappa shape index (κ2) is 10.1. The SMILES string of the molecule is COc1ccc2sc(N(CCCN(C)C)C(=O)c3ccccc3Cl)nc2c1.Cl. The minimum absolute atomic E-state index is 0. The Kier molecular flexibility index (Phi) is 8.07. The van der Waals surface area contributed by atoms with Crippen molar-refractivity contribution < 1.29 is 9.53 Å². The molecule has 150 valence electrons. The number of amides is 1. The number of anilines is 1. The minimum Gasteiger partial charge on any atom is -0.497 e. The summed E-state index contributed by atoms with van der Waals surface area (Å²) in [7, 11) is 5.66. The maximum atomic E-state index is 13.2. The highest BCUT2D eigenvalue weighted by Crippen LogP contribution is 2.32. The summed E-state index contributed by atoms with van der Waals surface area (Å²) in [5.74, 6) is 0.612. The van der Waals surface area contributed by atoms with Gasteiger partial charge in [-0.1, -0.05) is 35.1 Å². The van der Waals surface area contributed by atoms with Crippen LogP contribution in [0.5, 0.6) is 5.75 Å². The van der Waals surface area contributed by atoms with Gasteiger partial charge >= 0.3 is 0 Å². The number of rotatable bonds is 7. The molecule has 1 amide bonds. The van der Waals surface area contributed by atoms with E-state index in [1.807, 2.05) is 44.4 Å². The quantitative estimate of drug-likeness (QED) is 0.520. The van der Waals surface area contributed by atoms with Gasteiger partial charge in [-0.15, -0.1) is 12.4 Å². The van der Waals surface area contributed by atoms with Gasteiger partial charge in [0.1, 0.15) is 5.75 Å². The van der Waals surface area contributed by atoms with Crippen molar-refractivity contribution in [2.75, 3.05) is 39.2 Å². The molecule has 0 aliphatic carbocycles. The van der Waals surface area contributed by atoms with E-state index in [-0.39, 0.29) is 18.3 Å². The molecule has 0 atom stereocenters. The van der Waals surface area contributed by atoms with Crippen molar-refractivity contribution >= 4 is 56.6 Å². The van der Waals surface area contributed by atoms with Crippen molar-refractivity contribution in [3.63, 3.8) is 0 Å². The molecule has 3 rings (SSSR count). The molecule has 0 aliphatic rings. The summed E-state index contributed by atoms with van der Waals surface area (Å²) in [6.45, 7) is 1.45. The van der Waals surface area contributed by atoms with Gasteiger partial charge < -0.3 is 9.64 Å². The molecular weight excluding hydrogens is 417 g/mol. The van der Waals surface area contributed by atoms with E-state index >= 15 is 0 Å². The lowest BCUT2D eigenvalue weighted by Crippen LogP contribution is -2.33. The van der Waals surface area contributed by atoms with Gasteiger partial charge in [-0.25, -0.2) is 4.98 Å². The summed E-state index contributed by atoms with van der Waals surface area (Å²) in [6.07, 6.45) is 0.836. The molecule has 28 heavy (non-hydrogen) atoms. The van der Waals surface area contributed by atoms with E-state index in [0.717, 1.165) is 28.9 Å². The first-order chi connectivity index (χ1) is 13.0. The summed E-state index contributed by atoms with van der Waals surface area (Å²) >= 11 is 7.76. The molecule has 0 spiro atoms. The lowest BCUT2D eigenvalue weighted by atomic mass is 10.2. The van der Waals surface area contributed by atoms with Crippen LogP contribution in [0.3, 0.4) is 0 Å². The normalized spacial score (nSPS) is 10.8. The summed E-state index contributed by atoms with van der Waals surface area (Å²) in [6, 6.07) is 12.9. The van der Waals surface area contributed by atoms with Gasteiger partial charge in [0.25, 0.3) is 5.91 Å². The lowest BCUT2D eigenvalue weighted by molar-refractivity contribution is 0.0986. The Morgan fingerprint density at radius 2 is 1.93 bits per heavy atom. The Hall–Kier alpha value is -1.86. The van der Waals surface area contributed by atoms with Gasteiger partial charge in [-0.05, 0) is 51.3 Å². The van der Waals surface area contributed by atoms with Crippen LogP contribution in [-0.2, 0) is 0 Å². The third-order valence-corrected chi connectivity index (χ3v) is 5.54. The number of fused-ring (bicyclic) bond motifs is 1. The van der Waals surface area contributed by atoms with Crippen molar-refractivity contribution in [3.8, 4) is 5.75 Å². The number of ether oxygens (including phenoxy) is 1. The van der Waals surface area contributed by atoms with E-state index in [9.17, 15) is 4.79 Å². The summed E-state index contributed by atoms with van der Waals surface area (Å²) < 4.78 is 6.29. The highest BCUT2D eigenvalue weighted by atomic mass is 35.5. The Morgan fingerprint density at radius 3 is 2.61 bits per heavy atom. The number of carbonyl (C=O) groups is 1. The van der Waals surface area contributed by atoms with Crippen LogP contribution in [0.1, 0.15) is 16.8 Å². The smallest absolute Gasteiger partial charge is 0.261 e. The van der Waals surface area contributed by atoms with E-state index < -0.39 is 0 Å². The first-order valence-corrected chi connectivity index (χ1v) is 9.84. The second-order valence-corrected chi connectivity index (χ2v) is 7.84. The zero-order valence-electron chi connectivity index (χ0n) is 16.0.